The number of nitrogen functional groups attached to an aromatic ring is 1. The third-order valence-electron chi connectivity index (χ3n) is 4.63. The van der Waals surface area contributed by atoms with E-state index in [2.05, 4.69) is 9.88 Å². The molecule has 3 aromatic rings. The van der Waals surface area contributed by atoms with Crippen molar-refractivity contribution < 1.29 is 5.11 Å². The molecule has 0 spiro atoms. The Morgan fingerprint density at radius 2 is 1.96 bits per heavy atom. The molecule has 2 aromatic carbocycles. The van der Waals surface area contributed by atoms with Gasteiger partial charge in [-0.1, -0.05) is 23.7 Å². The average molecular weight is 367 g/mol. The lowest BCUT2D eigenvalue weighted by Crippen LogP contribution is -2.31. The first-order valence-corrected chi connectivity index (χ1v) is 8.87. The van der Waals surface area contributed by atoms with Gasteiger partial charge in [0, 0.05) is 49.1 Å². The Hall–Kier alpha value is -2.63. The van der Waals surface area contributed by atoms with Gasteiger partial charge in [0.1, 0.15) is 5.75 Å². The van der Waals surface area contributed by atoms with E-state index in [1.54, 1.807) is 6.07 Å². The van der Waals surface area contributed by atoms with E-state index in [4.69, 9.17) is 22.3 Å². The summed E-state index contributed by atoms with van der Waals surface area (Å²) in [7, 11) is 0. The largest absolute Gasteiger partial charge is 0.506 e. The molecule has 0 saturated carbocycles. The number of anilines is 1. The van der Waals surface area contributed by atoms with E-state index in [-0.39, 0.29) is 5.75 Å². The second-order valence-corrected chi connectivity index (χ2v) is 6.88. The quantitative estimate of drug-likeness (QED) is 0.692. The van der Waals surface area contributed by atoms with Gasteiger partial charge < -0.3 is 10.8 Å². The summed E-state index contributed by atoms with van der Waals surface area (Å²) < 4.78 is 0. The first-order chi connectivity index (χ1) is 12.6. The highest BCUT2D eigenvalue weighted by Gasteiger charge is 2.20. The van der Waals surface area contributed by atoms with Crippen LogP contribution in [0, 0.1) is 0 Å². The van der Waals surface area contributed by atoms with Crippen LogP contribution in [0.4, 0.5) is 5.69 Å². The van der Waals surface area contributed by atoms with Crippen molar-refractivity contribution in [2.45, 2.75) is 19.5 Å². The van der Waals surface area contributed by atoms with E-state index in [1.165, 1.54) is 0 Å². The zero-order valence-electron chi connectivity index (χ0n) is 14.2. The van der Waals surface area contributed by atoms with Crippen LogP contribution in [0.15, 0.2) is 48.7 Å². The van der Waals surface area contributed by atoms with Crippen LogP contribution in [0.2, 0.25) is 5.02 Å². The van der Waals surface area contributed by atoms with Crippen molar-refractivity contribution in [3.63, 3.8) is 0 Å². The van der Waals surface area contributed by atoms with Crippen molar-refractivity contribution in [3.05, 3.63) is 70.5 Å². The summed E-state index contributed by atoms with van der Waals surface area (Å²) in [5.41, 5.74) is 10.6. The maximum absolute atomic E-state index is 9.76. The van der Waals surface area contributed by atoms with Crippen LogP contribution < -0.4 is 5.73 Å². The van der Waals surface area contributed by atoms with Crippen molar-refractivity contribution in [3.8, 4) is 17.1 Å². The van der Waals surface area contributed by atoms with Crippen LogP contribution in [-0.4, -0.2) is 26.5 Å². The number of phenolic OH excluding ortho intramolecular Hbond substituents is 1. The topological polar surface area (TPSA) is 75.3 Å². The molecule has 0 atom stereocenters. The molecule has 6 heteroatoms. The SMILES string of the molecule is Nc1ccc(-c2ncc3c(n2)CCN(Cc2cccc(O)c2Cl)C3)cc1. The van der Waals surface area contributed by atoms with Crippen LogP contribution in [0.5, 0.6) is 5.75 Å². The fourth-order valence-electron chi connectivity index (χ4n) is 3.21. The second kappa shape index (κ2) is 6.94. The van der Waals surface area contributed by atoms with Gasteiger partial charge >= 0.3 is 0 Å². The summed E-state index contributed by atoms with van der Waals surface area (Å²) in [6.07, 6.45) is 2.76. The Bertz CT molecular complexity index is 943. The number of hydrogen-bond donors (Lipinski definition) is 2. The Balaban J connectivity index is 1.52. The molecule has 0 unspecified atom stereocenters. The number of halogens is 1. The van der Waals surface area contributed by atoms with Gasteiger partial charge in [0.25, 0.3) is 0 Å². The van der Waals surface area contributed by atoms with Gasteiger partial charge in [-0.2, -0.15) is 0 Å². The molecule has 132 valence electrons. The zero-order valence-corrected chi connectivity index (χ0v) is 14.9. The molecule has 0 saturated heterocycles. The molecule has 0 aliphatic carbocycles. The van der Waals surface area contributed by atoms with E-state index >= 15 is 0 Å². The van der Waals surface area contributed by atoms with Crippen LogP contribution >= 0.6 is 11.6 Å². The van der Waals surface area contributed by atoms with Gasteiger partial charge in [-0.05, 0) is 35.9 Å². The summed E-state index contributed by atoms with van der Waals surface area (Å²) >= 11 is 6.20. The lowest BCUT2D eigenvalue weighted by Gasteiger charge is -2.28. The Morgan fingerprint density at radius 1 is 1.15 bits per heavy atom. The van der Waals surface area contributed by atoms with Gasteiger partial charge in [-0.3, -0.25) is 4.90 Å². The van der Waals surface area contributed by atoms with Crippen molar-refractivity contribution in [1.82, 2.24) is 14.9 Å². The predicted molar refractivity (Wildman–Crippen MR) is 103 cm³/mol. The van der Waals surface area contributed by atoms with Crippen molar-refractivity contribution >= 4 is 17.3 Å². The van der Waals surface area contributed by atoms with Gasteiger partial charge in [0.15, 0.2) is 5.82 Å². The van der Waals surface area contributed by atoms with Gasteiger partial charge in [-0.15, -0.1) is 0 Å². The number of hydrogen-bond acceptors (Lipinski definition) is 5. The van der Waals surface area contributed by atoms with E-state index in [9.17, 15) is 5.11 Å². The monoisotopic (exact) mass is 366 g/mol. The molecule has 1 aliphatic rings. The standard InChI is InChI=1S/C20H19ClN4O/c21-19-14(2-1-3-18(19)26)11-25-9-8-17-15(12-25)10-23-20(24-17)13-4-6-16(22)7-5-13/h1-7,10,26H,8-9,11-12,22H2. The van der Waals surface area contributed by atoms with E-state index in [0.29, 0.717) is 11.6 Å². The number of rotatable bonds is 3. The van der Waals surface area contributed by atoms with E-state index in [0.717, 1.165) is 53.4 Å². The van der Waals surface area contributed by atoms with Crippen molar-refractivity contribution in [2.75, 3.05) is 12.3 Å². The highest BCUT2D eigenvalue weighted by Crippen LogP contribution is 2.29. The molecule has 26 heavy (non-hydrogen) atoms. The number of nitrogens with zero attached hydrogens (tertiary/aromatic N) is 3. The lowest BCUT2D eigenvalue weighted by molar-refractivity contribution is 0.242. The van der Waals surface area contributed by atoms with Crippen molar-refractivity contribution in [1.29, 1.82) is 0 Å². The molecule has 0 amide bonds. The molecule has 0 fully saturated rings. The van der Waals surface area contributed by atoms with E-state index in [1.807, 2.05) is 42.6 Å². The molecule has 3 N–H and O–H groups in total. The zero-order chi connectivity index (χ0) is 18.1. The number of nitrogens with two attached hydrogens (primary N) is 1. The van der Waals surface area contributed by atoms with Crippen LogP contribution in [0.3, 0.4) is 0 Å². The molecule has 1 aliphatic heterocycles. The normalized spacial score (nSPS) is 14.2. The van der Waals surface area contributed by atoms with Crippen molar-refractivity contribution in [2.24, 2.45) is 0 Å². The number of phenols is 1. The fraction of sp³-hybridized carbons (Fsp3) is 0.200. The summed E-state index contributed by atoms with van der Waals surface area (Å²) in [5, 5.41) is 10.2. The number of benzene rings is 2. The third kappa shape index (κ3) is 3.36. The highest BCUT2D eigenvalue weighted by atomic mass is 35.5. The summed E-state index contributed by atoms with van der Waals surface area (Å²) in [6, 6.07) is 13.0. The van der Waals surface area contributed by atoms with E-state index < -0.39 is 0 Å². The fourth-order valence-corrected chi connectivity index (χ4v) is 3.40. The Morgan fingerprint density at radius 3 is 2.77 bits per heavy atom. The number of aromatic nitrogens is 2. The molecule has 1 aromatic heterocycles. The van der Waals surface area contributed by atoms with Crippen LogP contribution in [0.25, 0.3) is 11.4 Å². The summed E-state index contributed by atoms with van der Waals surface area (Å²) in [6.45, 7) is 2.34. The third-order valence-corrected chi connectivity index (χ3v) is 5.07. The first-order valence-electron chi connectivity index (χ1n) is 8.49. The molecule has 2 heterocycles. The Kier molecular flexibility index (Phi) is 4.49. The van der Waals surface area contributed by atoms with Gasteiger partial charge in [0.05, 0.1) is 10.7 Å². The van der Waals surface area contributed by atoms with Gasteiger partial charge in [0.2, 0.25) is 0 Å². The average Bonchev–Trinajstić information content (AvgIpc) is 2.66. The minimum Gasteiger partial charge on any atom is -0.506 e. The Labute approximate surface area is 157 Å². The highest BCUT2D eigenvalue weighted by molar-refractivity contribution is 6.32. The lowest BCUT2D eigenvalue weighted by atomic mass is 10.1. The van der Waals surface area contributed by atoms with Crippen LogP contribution in [0.1, 0.15) is 16.8 Å². The molecule has 5 nitrogen and oxygen atoms in total. The summed E-state index contributed by atoms with van der Waals surface area (Å²) in [4.78, 5) is 11.5. The maximum atomic E-state index is 9.76. The molecule has 4 rings (SSSR count). The minimum absolute atomic E-state index is 0.123. The van der Waals surface area contributed by atoms with Crippen LogP contribution in [-0.2, 0) is 19.5 Å². The number of fused-ring (bicyclic) bond motifs is 1. The maximum Gasteiger partial charge on any atom is 0.159 e. The number of aromatic hydroxyl groups is 1. The summed E-state index contributed by atoms with van der Waals surface area (Å²) in [5.74, 6) is 0.853. The smallest absolute Gasteiger partial charge is 0.159 e. The molecular formula is C20H19ClN4O. The minimum atomic E-state index is 0.123. The van der Waals surface area contributed by atoms with Gasteiger partial charge in [-0.25, -0.2) is 9.97 Å². The first kappa shape index (κ1) is 16.8. The molecular weight excluding hydrogens is 348 g/mol. The molecule has 0 bridgehead atoms. The predicted octanol–water partition coefficient (Wildman–Crippen LogP) is 3.64. The second-order valence-electron chi connectivity index (χ2n) is 6.50. The molecule has 0 radical (unpaired) electrons.